The fraction of sp³-hybridized carbons (Fsp3) is 0.167. The first-order valence-corrected chi connectivity index (χ1v) is 8.08. The number of amides is 1. The molecule has 25 heavy (non-hydrogen) atoms. The molecular weight excluding hydrogens is 340 g/mol. The molecule has 2 aromatic carbocycles. The van der Waals surface area contributed by atoms with Crippen molar-refractivity contribution in [2.24, 2.45) is 0 Å². The molecule has 2 N–H and O–H groups in total. The molecule has 0 radical (unpaired) electrons. The van der Waals surface area contributed by atoms with Crippen LogP contribution < -0.4 is 10.1 Å². The van der Waals surface area contributed by atoms with Gasteiger partial charge in [0.15, 0.2) is 5.82 Å². The average molecular weight is 357 g/mol. The van der Waals surface area contributed by atoms with E-state index in [0.717, 1.165) is 5.56 Å². The molecule has 0 spiro atoms. The summed E-state index contributed by atoms with van der Waals surface area (Å²) in [4.78, 5) is 16.8. The second-order valence-electron chi connectivity index (χ2n) is 5.47. The minimum absolute atomic E-state index is 0.195. The average Bonchev–Trinajstić information content (AvgIpc) is 3.12. The molecule has 7 heteroatoms. The van der Waals surface area contributed by atoms with E-state index in [2.05, 4.69) is 20.5 Å². The minimum Gasteiger partial charge on any atom is -0.497 e. The Morgan fingerprint density at radius 3 is 2.48 bits per heavy atom. The zero-order chi connectivity index (χ0) is 17.8. The predicted molar refractivity (Wildman–Crippen MR) is 95.7 cm³/mol. The lowest BCUT2D eigenvalue weighted by molar-refractivity contribution is 0.0938. The van der Waals surface area contributed by atoms with Crippen molar-refractivity contribution >= 4 is 17.5 Å². The van der Waals surface area contributed by atoms with Gasteiger partial charge in [0.05, 0.1) is 13.2 Å². The normalized spacial score (nSPS) is 11.8. The van der Waals surface area contributed by atoms with E-state index in [1.54, 1.807) is 43.5 Å². The zero-order valence-corrected chi connectivity index (χ0v) is 14.5. The highest BCUT2D eigenvalue weighted by atomic mass is 35.5. The van der Waals surface area contributed by atoms with Gasteiger partial charge in [0, 0.05) is 16.1 Å². The molecule has 1 amide bonds. The number of hydrogen-bond donors (Lipinski definition) is 2. The molecule has 1 atom stereocenters. The Morgan fingerprint density at radius 2 is 1.84 bits per heavy atom. The molecule has 0 bridgehead atoms. The van der Waals surface area contributed by atoms with Gasteiger partial charge in [-0.25, -0.2) is 4.98 Å². The summed E-state index contributed by atoms with van der Waals surface area (Å²) < 4.78 is 5.09. The molecule has 6 nitrogen and oxygen atoms in total. The van der Waals surface area contributed by atoms with Gasteiger partial charge in [-0.15, -0.1) is 0 Å². The smallest absolute Gasteiger partial charge is 0.251 e. The van der Waals surface area contributed by atoms with Crippen LogP contribution in [0.3, 0.4) is 0 Å². The second kappa shape index (κ2) is 7.36. The number of halogens is 1. The van der Waals surface area contributed by atoms with Gasteiger partial charge in [-0.3, -0.25) is 9.89 Å². The SMILES string of the molecule is COc1ccc(C(=O)NC(C)c2nc(-c3ccc(Cl)cc3)n[nH]2)cc1. The van der Waals surface area contributed by atoms with E-state index in [-0.39, 0.29) is 11.9 Å². The number of aromatic amines is 1. The summed E-state index contributed by atoms with van der Waals surface area (Å²) in [5.41, 5.74) is 1.39. The number of methoxy groups -OCH3 is 1. The zero-order valence-electron chi connectivity index (χ0n) is 13.8. The molecule has 0 saturated carbocycles. The van der Waals surface area contributed by atoms with Crippen molar-refractivity contribution in [1.29, 1.82) is 0 Å². The van der Waals surface area contributed by atoms with Crippen LogP contribution in [-0.4, -0.2) is 28.2 Å². The minimum atomic E-state index is -0.317. The maximum atomic E-state index is 12.3. The third kappa shape index (κ3) is 3.97. The lowest BCUT2D eigenvalue weighted by Crippen LogP contribution is -2.27. The number of nitrogens with one attached hydrogen (secondary N) is 2. The van der Waals surface area contributed by atoms with E-state index in [1.165, 1.54) is 0 Å². The molecule has 128 valence electrons. The Kier molecular flexibility index (Phi) is 5.00. The molecule has 3 aromatic rings. The fourth-order valence-corrected chi connectivity index (χ4v) is 2.41. The largest absolute Gasteiger partial charge is 0.497 e. The quantitative estimate of drug-likeness (QED) is 0.731. The number of carbonyl (C=O) groups excluding carboxylic acids is 1. The Morgan fingerprint density at radius 1 is 1.16 bits per heavy atom. The molecule has 0 fully saturated rings. The maximum Gasteiger partial charge on any atom is 0.251 e. The first-order valence-electron chi connectivity index (χ1n) is 7.70. The van der Waals surface area contributed by atoms with E-state index in [0.29, 0.717) is 28.0 Å². The molecule has 3 rings (SSSR count). The number of ether oxygens (including phenoxy) is 1. The third-order valence-electron chi connectivity index (χ3n) is 3.72. The third-order valence-corrected chi connectivity index (χ3v) is 3.97. The molecule has 1 aromatic heterocycles. The monoisotopic (exact) mass is 356 g/mol. The molecule has 0 saturated heterocycles. The summed E-state index contributed by atoms with van der Waals surface area (Å²) in [5.74, 6) is 1.64. The van der Waals surface area contributed by atoms with Crippen LogP contribution in [0.2, 0.25) is 5.02 Å². The van der Waals surface area contributed by atoms with Crippen LogP contribution in [0.4, 0.5) is 0 Å². The topological polar surface area (TPSA) is 79.9 Å². The predicted octanol–water partition coefficient (Wildman–Crippen LogP) is 3.62. The summed E-state index contributed by atoms with van der Waals surface area (Å²) in [7, 11) is 1.58. The van der Waals surface area contributed by atoms with Crippen molar-refractivity contribution in [2.75, 3.05) is 7.11 Å². The van der Waals surface area contributed by atoms with Gasteiger partial charge in [-0.05, 0) is 55.5 Å². The van der Waals surface area contributed by atoms with Crippen LogP contribution in [0, 0.1) is 0 Å². The number of carbonyl (C=O) groups is 1. The number of benzene rings is 2. The highest BCUT2D eigenvalue weighted by Crippen LogP contribution is 2.19. The summed E-state index contributed by atoms with van der Waals surface area (Å²) in [6.07, 6.45) is 0. The van der Waals surface area contributed by atoms with Crippen LogP contribution in [0.25, 0.3) is 11.4 Å². The van der Waals surface area contributed by atoms with E-state index in [4.69, 9.17) is 16.3 Å². The van der Waals surface area contributed by atoms with E-state index < -0.39 is 0 Å². The first kappa shape index (κ1) is 17.0. The Bertz CT molecular complexity index is 860. The highest BCUT2D eigenvalue weighted by Gasteiger charge is 2.16. The summed E-state index contributed by atoms with van der Waals surface area (Å²) in [6, 6.07) is 13.8. The Labute approximate surface area is 150 Å². The van der Waals surface area contributed by atoms with Gasteiger partial charge in [0.2, 0.25) is 0 Å². The molecule has 0 aliphatic carbocycles. The fourth-order valence-electron chi connectivity index (χ4n) is 2.29. The Balaban J connectivity index is 1.69. The van der Waals surface area contributed by atoms with Gasteiger partial charge < -0.3 is 10.1 Å². The van der Waals surface area contributed by atoms with E-state index in [1.807, 2.05) is 19.1 Å². The van der Waals surface area contributed by atoms with Gasteiger partial charge in [-0.1, -0.05) is 11.6 Å². The van der Waals surface area contributed by atoms with Crippen molar-refractivity contribution in [2.45, 2.75) is 13.0 Å². The van der Waals surface area contributed by atoms with Gasteiger partial charge in [0.1, 0.15) is 11.6 Å². The highest BCUT2D eigenvalue weighted by molar-refractivity contribution is 6.30. The number of nitrogens with zero attached hydrogens (tertiary/aromatic N) is 2. The maximum absolute atomic E-state index is 12.3. The molecular formula is C18H17ClN4O2. The van der Waals surface area contributed by atoms with E-state index in [9.17, 15) is 4.79 Å². The van der Waals surface area contributed by atoms with Crippen molar-refractivity contribution < 1.29 is 9.53 Å². The first-order chi connectivity index (χ1) is 12.1. The van der Waals surface area contributed by atoms with Crippen LogP contribution >= 0.6 is 11.6 Å². The van der Waals surface area contributed by atoms with Crippen LogP contribution in [0.15, 0.2) is 48.5 Å². The molecule has 1 heterocycles. The second-order valence-corrected chi connectivity index (χ2v) is 5.91. The van der Waals surface area contributed by atoms with Crippen molar-refractivity contribution in [3.05, 3.63) is 64.9 Å². The molecule has 0 aliphatic heterocycles. The summed E-state index contributed by atoms with van der Waals surface area (Å²) >= 11 is 5.89. The van der Waals surface area contributed by atoms with Gasteiger partial charge in [-0.2, -0.15) is 5.10 Å². The van der Waals surface area contributed by atoms with Crippen molar-refractivity contribution in [3.8, 4) is 17.1 Å². The lowest BCUT2D eigenvalue weighted by atomic mass is 10.2. The van der Waals surface area contributed by atoms with Crippen molar-refractivity contribution in [1.82, 2.24) is 20.5 Å². The number of hydrogen-bond acceptors (Lipinski definition) is 4. The molecule has 0 aliphatic rings. The number of H-pyrrole nitrogens is 1. The standard InChI is InChI=1S/C18H17ClN4O2/c1-11(20-18(24)13-5-9-15(25-2)10-6-13)16-21-17(23-22-16)12-3-7-14(19)8-4-12/h3-11H,1-2H3,(H,20,24)(H,21,22,23). The number of aromatic nitrogens is 3. The van der Waals surface area contributed by atoms with Gasteiger partial charge >= 0.3 is 0 Å². The van der Waals surface area contributed by atoms with E-state index >= 15 is 0 Å². The van der Waals surface area contributed by atoms with Crippen LogP contribution in [-0.2, 0) is 0 Å². The summed E-state index contributed by atoms with van der Waals surface area (Å²) in [5, 5.41) is 10.6. The molecule has 1 unspecified atom stereocenters. The van der Waals surface area contributed by atoms with Crippen molar-refractivity contribution in [3.63, 3.8) is 0 Å². The lowest BCUT2D eigenvalue weighted by Gasteiger charge is -2.11. The summed E-state index contributed by atoms with van der Waals surface area (Å²) in [6.45, 7) is 1.84. The number of rotatable bonds is 5. The Hall–Kier alpha value is -2.86. The van der Waals surface area contributed by atoms with Crippen LogP contribution in [0.5, 0.6) is 5.75 Å². The van der Waals surface area contributed by atoms with Crippen LogP contribution in [0.1, 0.15) is 29.1 Å². The van der Waals surface area contributed by atoms with Gasteiger partial charge in [0.25, 0.3) is 5.91 Å².